The zero-order valence-corrected chi connectivity index (χ0v) is 13.9. The predicted molar refractivity (Wildman–Crippen MR) is 91.4 cm³/mol. The molecule has 1 saturated carbocycles. The van der Waals surface area contributed by atoms with Crippen LogP contribution in [-0.2, 0) is 11.2 Å². The van der Waals surface area contributed by atoms with Crippen molar-refractivity contribution < 1.29 is 9.90 Å². The smallest absolute Gasteiger partial charge is 0.234 e. The van der Waals surface area contributed by atoms with Crippen LogP contribution in [0.3, 0.4) is 0 Å². The first-order valence-electron chi connectivity index (χ1n) is 8.97. The van der Waals surface area contributed by atoms with Gasteiger partial charge in [0.05, 0.1) is 6.54 Å². The second kappa shape index (κ2) is 7.35. The number of carbonyl (C=O) groups is 1. The van der Waals surface area contributed by atoms with E-state index in [9.17, 15) is 9.90 Å². The van der Waals surface area contributed by atoms with Gasteiger partial charge < -0.3 is 10.4 Å². The molecule has 1 heterocycles. The van der Waals surface area contributed by atoms with Gasteiger partial charge in [-0.25, -0.2) is 0 Å². The SMILES string of the molecule is O=C(CN1CCCC1)NC1(Cc2ccc(O)cc2)CCCCC1. The molecular formula is C19H28N2O2. The first kappa shape index (κ1) is 16.3. The molecular weight excluding hydrogens is 288 g/mol. The average molecular weight is 316 g/mol. The lowest BCUT2D eigenvalue weighted by Gasteiger charge is -2.39. The quantitative estimate of drug-likeness (QED) is 0.878. The van der Waals surface area contributed by atoms with E-state index in [0.717, 1.165) is 32.4 Å². The van der Waals surface area contributed by atoms with Crippen molar-refractivity contribution in [2.24, 2.45) is 0 Å². The molecule has 1 aliphatic heterocycles. The van der Waals surface area contributed by atoms with Crippen molar-refractivity contribution in [3.05, 3.63) is 29.8 Å². The van der Waals surface area contributed by atoms with Gasteiger partial charge in [0.15, 0.2) is 0 Å². The number of amides is 1. The number of aromatic hydroxyl groups is 1. The van der Waals surface area contributed by atoms with Crippen LogP contribution < -0.4 is 5.32 Å². The van der Waals surface area contributed by atoms with Crippen molar-refractivity contribution in [2.75, 3.05) is 19.6 Å². The molecule has 0 radical (unpaired) electrons. The highest BCUT2D eigenvalue weighted by atomic mass is 16.3. The largest absolute Gasteiger partial charge is 0.508 e. The van der Waals surface area contributed by atoms with E-state index in [0.29, 0.717) is 12.3 Å². The van der Waals surface area contributed by atoms with Gasteiger partial charge in [0.2, 0.25) is 5.91 Å². The van der Waals surface area contributed by atoms with Crippen LogP contribution in [0.5, 0.6) is 5.75 Å². The van der Waals surface area contributed by atoms with E-state index < -0.39 is 0 Å². The first-order valence-corrected chi connectivity index (χ1v) is 8.97. The number of rotatable bonds is 5. The van der Waals surface area contributed by atoms with E-state index in [1.54, 1.807) is 12.1 Å². The van der Waals surface area contributed by atoms with Crippen molar-refractivity contribution in [3.8, 4) is 5.75 Å². The molecule has 0 bridgehead atoms. The Kier molecular flexibility index (Phi) is 5.21. The van der Waals surface area contributed by atoms with Gasteiger partial charge in [0, 0.05) is 5.54 Å². The maximum atomic E-state index is 12.5. The van der Waals surface area contributed by atoms with Crippen LogP contribution in [0.15, 0.2) is 24.3 Å². The van der Waals surface area contributed by atoms with Gasteiger partial charge in [-0.1, -0.05) is 31.4 Å². The molecule has 2 fully saturated rings. The zero-order valence-electron chi connectivity index (χ0n) is 13.9. The molecule has 1 aliphatic carbocycles. The lowest BCUT2D eigenvalue weighted by molar-refractivity contribution is -0.124. The molecule has 1 aromatic carbocycles. The molecule has 4 heteroatoms. The highest BCUT2D eigenvalue weighted by Gasteiger charge is 2.34. The number of carbonyl (C=O) groups excluding carboxylic acids is 1. The van der Waals surface area contributed by atoms with Crippen LogP contribution in [0.4, 0.5) is 0 Å². The lowest BCUT2D eigenvalue weighted by Crippen LogP contribution is -2.53. The monoisotopic (exact) mass is 316 g/mol. The topological polar surface area (TPSA) is 52.6 Å². The summed E-state index contributed by atoms with van der Waals surface area (Å²) in [4.78, 5) is 14.8. The first-order chi connectivity index (χ1) is 11.2. The minimum absolute atomic E-state index is 0.105. The van der Waals surface area contributed by atoms with Crippen molar-refractivity contribution >= 4 is 5.91 Å². The van der Waals surface area contributed by atoms with Crippen LogP contribution in [0.25, 0.3) is 0 Å². The van der Waals surface area contributed by atoms with E-state index in [4.69, 9.17) is 0 Å². The lowest BCUT2D eigenvalue weighted by atomic mass is 9.77. The number of hydrogen-bond donors (Lipinski definition) is 2. The Morgan fingerprint density at radius 1 is 1.04 bits per heavy atom. The van der Waals surface area contributed by atoms with E-state index in [-0.39, 0.29) is 11.4 Å². The number of benzene rings is 1. The second-order valence-electron chi connectivity index (χ2n) is 7.22. The van der Waals surface area contributed by atoms with Gasteiger partial charge in [-0.2, -0.15) is 0 Å². The molecule has 23 heavy (non-hydrogen) atoms. The van der Waals surface area contributed by atoms with Crippen molar-refractivity contribution in [3.63, 3.8) is 0 Å². The number of phenols is 1. The highest BCUT2D eigenvalue weighted by Crippen LogP contribution is 2.32. The molecule has 1 amide bonds. The number of phenolic OH excluding ortho intramolecular Hbond substituents is 1. The van der Waals surface area contributed by atoms with E-state index >= 15 is 0 Å². The molecule has 1 aromatic rings. The third kappa shape index (κ3) is 4.47. The Labute approximate surface area is 138 Å². The highest BCUT2D eigenvalue weighted by molar-refractivity contribution is 5.79. The average Bonchev–Trinajstić information content (AvgIpc) is 3.03. The minimum atomic E-state index is -0.105. The summed E-state index contributed by atoms with van der Waals surface area (Å²) in [5.74, 6) is 0.470. The molecule has 0 spiro atoms. The molecule has 3 rings (SSSR count). The summed E-state index contributed by atoms with van der Waals surface area (Å²) in [6.45, 7) is 2.65. The molecule has 0 aromatic heterocycles. The van der Waals surface area contributed by atoms with Gasteiger partial charge in [-0.15, -0.1) is 0 Å². The number of nitrogens with zero attached hydrogens (tertiary/aromatic N) is 1. The van der Waals surface area contributed by atoms with Gasteiger partial charge in [-0.05, 0) is 62.9 Å². The van der Waals surface area contributed by atoms with Crippen LogP contribution in [0.2, 0.25) is 0 Å². The summed E-state index contributed by atoms with van der Waals surface area (Å²) in [5.41, 5.74) is 1.08. The van der Waals surface area contributed by atoms with Crippen LogP contribution in [-0.4, -0.2) is 41.1 Å². The molecule has 0 atom stereocenters. The maximum Gasteiger partial charge on any atom is 0.234 e. The summed E-state index contributed by atoms with van der Waals surface area (Å²) in [6.07, 6.45) is 9.03. The molecule has 126 valence electrons. The fourth-order valence-corrected chi connectivity index (χ4v) is 4.06. The Morgan fingerprint density at radius 2 is 1.70 bits per heavy atom. The van der Waals surface area contributed by atoms with Gasteiger partial charge in [0.1, 0.15) is 5.75 Å². The molecule has 1 saturated heterocycles. The Morgan fingerprint density at radius 3 is 2.35 bits per heavy atom. The number of nitrogens with one attached hydrogen (secondary N) is 1. The van der Waals surface area contributed by atoms with Crippen LogP contribution in [0.1, 0.15) is 50.5 Å². The zero-order chi connectivity index (χ0) is 16.1. The van der Waals surface area contributed by atoms with Crippen LogP contribution in [0, 0.1) is 0 Å². The molecule has 2 N–H and O–H groups in total. The van der Waals surface area contributed by atoms with Gasteiger partial charge >= 0.3 is 0 Å². The fraction of sp³-hybridized carbons (Fsp3) is 0.632. The van der Waals surface area contributed by atoms with Crippen molar-refractivity contribution in [1.82, 2.24) is 10.2 Å². The number of likely N-dealkylation sites (tertiary alicyclic amines) is 1. The Hall–Kier alpha value is -1.55. The molecule has 4 nitrogen and oxygen atoms in total. The van der Waals surface area contributed by atoms with E-state index in [2.05, 4.69) is 10.2 Å². The van der Waals surface area contributed by atoms with Crippen molar-refractivity contribution in [1.29, 1.82) is 0 Å². The Bertz CT molecular complexity index is 515. The summed E-state index contributed by atoms with van der Waals surface area (Å²) >= 11 is 0. The summed E-state index contributed by atoms with van der Waals surface area (Å²) in [6, 6.07) is 7.41. The summed E-state index contributed by atoms with van der Waals surface area (Å²) in [7, 11) is 0. The van der Waals surface area contributed by atoms with Crippen LogP contribution >= 0.6 is 0 Å². The van der Waals surface area contributed by atoms with Gasteiger partial charge in [0.25, 0.3) is 0 Å². The Balaban J connectivity index is 1.65. The minimum Gasteiger partial charge on any atom is -0.508 e. The molecule has 2 aliphatic rings. The van der Waals surface area contributed by atoms with Crippen molar-refractivity contribution in [2.45, 2.75) is 56.9 Å². The molecule has 0 unspecified atom stereocenters. The van der Waals surface area contributed by atoms with E-state index in [1.165, 1.54) is 37.7 Å². The standard InChI is InChI=1S/C19H28N2O2/c22-17-8-6-16(7-9-17)14-19(10-2-1-3-11-19)20-18(23)15-21-12-4-5-13-21/h6-9,22H,1-5,10-15H2,(H,20,23). The third-order valence-corrected chi connectivity index (χ3v) is 5.26. The fourth-order valence-electron chi connectivity index (χ4n) is 4.06. The normalized spacial score (nSPS) is 21.2. The summed E-state index contributed by atoms with van der Waals surface area (Å²) < 4.78 is 0. The van der Waals surface area contributed by atoms with E-state index in [1.807, 2.05) is 12.1 Å². The second-order valence-corrected chi connectivity index (χ2v) is 7.22. The van der Waals surface area contributed by atoms with Gasteiger partial charge in [-0.3, -0.25) is 9.69 Å². The maximum absolute atomic E-state index is 12.5. The number of hydrogen-bond acceptors (Lipinski definition) is 3. The predicted octanol–water partition coefficient (Wildman–Crippen LogP) is 2.85. The third-order valence-electron chi connectivity index (χ3n) is 5.26. The summed E-state index contributed by atoms with van der Waals surface area (Å²) in [5, 5.41) is 12.8.